The van der Waals surface area contributed by atoms with Crippen molar-refractivity contribution in [3.8, 4) is 5.75 Å². The Kier molecular flexibility index (Phi) is 10.1. The molecule has 9 heteroatoms. The minimum absolute atomic E-state index is 0.0156. The van der Waals surface area contributed by atoms with Crippen molar-refractivity contribution in [1.29, 1.82) is 0 Å². The SMILES string of the molecule is CCc1cccc(CNC[C@@H](O)[C@H](Cc2cc(F)cc(F)c2)N(CC2CC2)C(=O)c2ccc(O)c(C(=O)NC)c2)c1. The van der Waals surface area contributed by atoms with Crippen molar-refractivity contribution in [2.45, 2.75) is 51.3 Å². The molecule has 1 aliphatic rings. The molecule has 0 heterocycles. The summed E-state index contributed by atoms with van der Waals surface area (Å²) in [5.74, 6) is -2.50. The quantitative estimate of drug-likeness (QED) is 0.249. The Morgan fingerprint density at radius 2 is 1.71 bits per heavy atom. The second-order valence-electron chi connectivity index (χ2n) is 10.6. The molecule has 2 atom stereocenters. The van der Waals surface area contributed by atoms with E-state index in [9.17, 15) is 28.6 Å². The number of halogens is 2. The molecule has 1 saturated carbocycles. The molecule has 0 aromatic heterocycles. The van der Waals surface area contributed by atoms with Gasteiger partial charge in [-0.25, -0.2) is 8.78 Å². The van der Waals surface area contributed by atoms with Crippen molar-refractivity contribution < 1.29 is 28.6 Å². The largest absolute Gasteiger partial charge is 0.507 e. The van der Waals surface area contributed by atoms with Crippen molar-refractivity contribution in [3.05, 3.63) is 100 Å². The third-order valence-corrected chi connectivity index (χ3v) is 7.42. The molecule has 218 valence electrons. The van der Waals surface area contributed by atoms with Crippen LogP contribution >= 0.6 is 0 Å². The maximum Gasteiger partial charge on any atom is 0.254 e. The molecule has 0 radical (unpaired) electrons. The summed E-state index contributed by atoms with van der Waals surface area (Å²) in [4.78, 5) is 27.8. The van der Waals surface area contributed by atoms with Crippen molar-refractivity contribution in [2.24, 2.45) is 5.92 Å². The number of phenols is 1. The van der Waals surface area contributed by atoms with E-state index in [0.717, 1.165) is 30.9 Å². The maximum absolute atomic E-state index is 14.1. The Morgan fingerprint density at radius 1 is 1.00 bits per heavy atom. The van der Waals surface area contributed by atoms with Gasteiger partial charge in [-0.3, -0.25) is 9.59 Å². The molecule has 3 aromatic rings. The summed E-state index contributed by atoms with van der Waals surface area (Å²) in [7, 11) is 1.42. The fourth-order valence-electron chi connectivity index (χ4n) is 4.98. The van der Waals surface area contributed by atoms with Crippen molar-refractivity contribution in [2.75, 3.05) is 20.1 Å². The van der Waals surface area contributed by atoms with Crippen LogP contribution in [0.1, 0.15) is 57.2 Å². The predicted octanol–water partition coefficient (Wildman–Crippen LogP) is 4.21. The fourth-order valence-corrected chi connectivity index (χ4v) is 4.98. The number of carbonyl (C=O) groups is 2. The zero-order valence-electron chi connectivity index (χ0n) is 23.4. The molecule has 7 nitrogen and oxygen atoms in total. The molecule has 0 aliphatic heterocycles. The summed E-state index contributed by atoms with van der Waals surface area (Å²) in [6.07, 6.45) is 1.69. The van der Waals surface area contributed by atoms with Gasteiger partial charge >= 0.3 is 0 Å². The summed E-state index contributed by atoms with van der Waals surface area (Å²) in [6, 6.07) is 14.5. The van der Waals surface area contributed by atoms with Crippen LogP contribution in [0.4, 0.5) is 8.78 Å². The van der Waals surface area contributed by atoms with E-state index in [1.807, 2.05) is 18.2 Å². The van der Waals surface area contributed by atoms with Gasteiger partial charge in [0.1, 0.15) is 17.4 Å². The van der Waals surface area contributed by atoms with E-state index in [2.05, 4.69) is 23.6 Å². The highest BCUT2D eigenvalue weighted by molar-refractivity contribution is 6.01. The second kappa shape index (κ2) is 13.7. The minimum atomic E-state index is -1.08. The molecule has 0 unspecified atom stereocenters. The van der Waals surface area contributed by atoms with Crippen LogP contribution in [0.5, 0.6) is 5.75 Å². The number of nitrogens with one attached hydrogen (secondary N) is 2. The number of aliphatic hydroxyl groups is 1. The number of hydrogen-bond acceptors (Lipinski definition) is 5. The number of nitrogens with zero attached hydrogens (tertiary/aromatic N) is 1. The van der Waals surface area contributed by atoms with Crippen molar-refractivity contribution in [3.63, 3.8) is 0 Å². The van der Waals surface area contributed by atoms with Crippen LogP contribution in [0.15, 0.2) is 60.7 Å². The molecule has 1 fully saturated rings. The van der Waals surface area contributed by atoms with E-state index in [4.69, 9.17) is 0 Å². The first-order valence-electron chi connectivity index (χ1n) is 14.0. The third kappa shape index (κ3) is 8.11. The van der Waals surface area contributed by atoms with E-state index in [1.165, 1.54) is 42.9 Å². The standard InChI is InChI=1S/C32H37F2N3O4/c1-3-20-5-4-6-22(11-20)17-36-18-30(39)28(14-23-12-25(33)16-26(34)13-23)37(19-21-7-8-21)32(41)24-9-10-29(38)27(15-24)31(40)35-2/h4-6,9-13,15-16,21,28,30,36,38-39H,3,7-8,14,17-19H2,1-2H3,(H,35,40)/t28-,30+/m0/s1. The molecule has 4 rings (SSSR count). The van der Waals surface area contributed by atoms with Gasteiger partial charge in [-0.1, -0.05) is 31.2 Å². The first-order valence-corrected chi connectivity index (χ1v) is 14.0. The highest BCUT2D eigenvalue weighted by Gasteiger charge is 2.35. The molecule has 3 aromatic carbocycles. The predicted molar refractivity (Wildman–Crippen MR) is 153 cm³/mol. The van der Waals surface area contributed by atoms with Crippen LogP contribution in [0, 0.1) is 17.6 Å². The van der Waals surface area contributed by atoms with Crippen LogP contribution in [-0.2, 0) is 19.4 Å². The van der Waals surface area contributed by atoms with Crippen LogP contribution < -0.4 is 10.6 Å². The van der Waals surface area contributed by atoms with Gasteiger partial charge in [-0.05, 0) is 78.6 Å². The van der Waals surface area contributed by atoms with E-state index >= 15 is 0 Å². The number of carbonyl (C=O) groups excluding carboxylic acids is 2. The number of amides is 2. The molecular formula is C32H37F2N3O4. The number of rotatable bonds is 13. The number of aromatic hydroxyl groups is 1. The Hall–Kier alpha value is -3.82. The summed E-state index contributed by atoms with van der Waals surface area (Å²) < 4.78 is 28.2. The number of aryl methyl sites for hydroxylation is 1. The van der Waals surface area contributed by atoms with Crippen LogP contribution in [0.3, 0.4) is 0 Å². The van der Waals surface area contributed by atoms with Crippen molar-refractivity contribution >= 4 is 11.8 Å². The smallest absolute Gasteiger partial charge is 0.254 e. The van der Waals surface area contributed by atoms with Gasteiger partial charge in [0.2, 0.25) is 0 Å². The molecule has 0 spiro atoms. The van der Waals surface area contributed by atoms with Gasteiger partial charge in [0.05, 0.1) is 17.7 Å². The molecule has 1 aliphatic carbocycles. The Morgan fingerprint density at radius 3 is 2.37 bits per heavy atom. The van der Waals surface area contributed by atoms with Gasteiger partial charge in [-0.15, -0.1) is 0 Å². The molecular weight excluding hydrogens is 528 g/mol. The Labute approximate surface area is 239 Å². The van der Waals surface area contributed by atoms with E-state index < -0.39 is 35.6 Å². The van der Waals surface area contributed by atoms with Crippen LogP contribution in [0.2, 0.25) is 0 Å². The highest BCUT2D eigenvalue weighted by Crippen LogP contribution is 2.32. The van der Waals surface area contributed by atoms with Gasteiger partial charge < -0.3 is 25.7 Å². The van der Waals surface area contributed by atoms with Crippen molar-refractivity contribution in [1.82, 2.24) is 15.5 Å². The molecule has 0 bridgehead atoms. The lowest BCUT2D eigenvalue weighted by Crippen LogP contribution is -2.52. The van der Waals surface area contributed by atoms with E-state index in [-0.39, 0.29) is 35.8 Å². The number of benzene rings is 3. The molecule has 4 N–H and O–H groups in total. The lowest BCUT2D eigenvalue weighted by atomic mass is 9.97. The average Bonchev–Trinajstić information content (AvgIpc) is 3.78. The summed E-state index contributed by atoms with van der Waals surface area (Å²) >= 11 is 0. The third-order valence-electron chi connectivity index (χ3n) is 7.42. The first-order chi connectivity index (χ1) is 19.7. The summed E-state index contributed by atoms with van der Waals surface area (Å²) in [5, 5.41) is 27.3. The van der Waals surface area contributed by atoms with Gasteiger partial charge in [0, 0.05) is 38.3 Å². The van der Waals surface area contributed by atoms with Gasteiger partial charge in [0.15, 0.2) is 0 Å². The van der Waals surface area contributed by atoms with E-state index in [0.29, 0.717) is 18.7 Å². The first kappa shape index (κ1) is 30.1. The number of aliphatic hydroxyl groups excluding tert-OH is 1. The fraction of sp³-hybridized carbons (Fsp3) is 0.375. The van der Waals surface area contributed by atoms with E-state index in [1.54, 1.807) is 4.90 Å². The zero-order chi connectivity index (χ0) is 29.5. The number of hydrogen-bond donors (Lipinski definition) is 4. The maximum atomic E-state index is 14.1. The molecule has 41 heavy (non-hydrogen) atoms. The molecule has 2 amide bonds. The second-order valence-corrected chi connectivity index (χ2v) is 10.6. The Balaban J connectivity index is 1.63. The van der Waals surface area contributed by atoms with Gasteiger partial charge in [-0.2, -0.15) is 0 Å². The minimum Gasteiger partial charge on any atom is -0.507 e. The zero-order valence-corrected chi connectivity index (χ0v) is 23.4. The normalized spacial score (nSPS) is 14.4. The lowest BCUT2D eigenvalue weighted by Gasteiger charge is -2.36. The summed E-state index contributed by atoms with van der Waals surface area (Å²) in [6.45, 7) is 3.04. The summed E-state index contributed by atoms with van der Waals surface area (Å²) in [5.41, 5.74) is 2.67. The Bertz CT molecular complexity index is 1360. The topological polar surface area (TPSA) is 102 Å². The van der Waals surface area contributed by atoms with Crippen LogP contribution in [0.25, 0.3) is 0 Å². The average molecular weight is 566 g/mol. The lowest BCUT2D eigenvalue weighted by molar-refractivity contribution is 0.0337. The molecule has 0 saturated heterocycles. The highest BCUT2D eigenvalue weighted by atomic mass is 19.1. The van der Waals surface area contributed by atoms with Crippen LogP contribution in [-0.4, -0.2) is 59.2 Å². The number of phenolic OH excluding ortho intramolecular Hbond substituents is 1. The van der Waals surface area contributed by atoms with Gasteiger partial charge in [0.25, 0.3) is 11.8 Å². The monoisotopic (exact) mass is 565 g/mol.